The van der Waals surface area contributed by atoms with E-state index in [0.717, 1.165) is 17.1 Å². The third kappa shape index (κ3) is 3.94. The van der Waals surface area contributed by atoms with Gasteiger partial charge < -0.3 is 25.3 Å². The van der Waals surface area contributed by atoms with Gasteiger partial charge in [0.1, 0.15) is 17.2 Å². The van der Waals surface area contributed by atoms with Crippen LogP contribution in [-0.2, 0) is 6.42 Å². The highest BCUT2D eigenvalue weighted by Gasteiger charge is 2.12. The van der Waals surface area contributed by atoms with Crippen molar-refractivity contribution in [1.29, 1.82) is 0 Å². The zero-order valence-electron chi connectivity index (χ0n) is 11.8. The molecule has 0 spiro atoms. The largest absolute Gasteiger partial charge is 0.496 e. The van der Waals surface area contributed by atoms with E-state index in [9.17, 15) is 0 Å². The highest BCUT2D eigenvalue weighted by atomic mass is 16.5. The molecule has 6 nitrogen and oxygen atoms in total. The first kappa shape index (κ1) is 14.9. The van der Waals surface area contributed by atoms with Gasteiger partial charge in [0, 0.05) is 31.3 Å². The average Bonchev–Trinajstić information content (AvgIpc) is 2.46. The normalized spacial score (nSPS) is 11.1. The molecule has 0 radical (unpaired) electrons. The molecule has 0 aromatic heterocycles. The van der Waals surface area contributed by atoms with E-state index >= 15 is 0 Å². The highest BCUT2D eigenvalue weighted by molar-refractivity contribution is 5.77. The second-order valence-electron chi connectivity index (χ2n) is 3.80. The number of aliphatic imine (C=N–C) groups is 1. The molecular formula is C13H21N3O3. The van der Waals surface area contributed by atoms with Crippen molar-refractivity contribution in [1.82, 2.24) is 5.32 Å². The summed E-state index contributed by atoms with van der Waals surface area (Å²) in [6.07, 6.45) is 0.701. The van der Waals surface area contributed by atoms with E-state index < -0.39 is 0 Å². The minimum absolute atomic E-state index is 0.409. The van der Waals surface area contributed by atoms with Crippen LogP contribution in [0.3, 0.4) is 0 Å². The summed E-state index contributed by atoms with van der Waals surface area (Å²) in [6.45, 7) is 0.641. The maximum Gasteiger partial charge on any atom is 0.188 e. The van der Waals surface area contributed by atoms with Crippen molar-refractivity contribution in [2.45, 2.75) is 6.42 Å². The molecule has 0 saturated carbocycles. The van der Waals surface area contributed by atoms with Gasteiger partial charge in [0.2, 0.25) is 0 Å². The molecule has 1 rings (SSSR count). The van der Waals surface area contributed by atoms with Crippen LogP contribution in [0.1, 0.15) is 5.56 Å². The number of benzene rings is 1. The van der Waals surface area contributed by atoms with Crippen molar-refractivity contribution in [3.63, 3.8) is 0 Å². The van der Waals surface area contributed by atoms with E-state index in [0.29, 0.717) is 24.7 Å². The summed E-state index contributed by atoms with van der Waals surface area (Å²) in [5.74, 6) is 2.56. The highest BCUT2D eigenvalue weighted by Crippen LogP contribution is 2.34. The third-order valence-corrected chi connectivity index (χ3v) is 2.74. The molecule has 0 fully saturated rings. The summed E-state index contributed by atoms with van der Waals surface area (Å²) in [4.78, 5) is 3.83. The van der Waals surface area contributed by atoms with E-state index in [2.05, 4.69) is 10.3 Å². The van der Waals surface area contributed by atoms with E-state index in [4.69, 9.17) is 19.9 Å². The lowest BCUT2D eigenvalue weighted by molar-refractivity contribution is 0.368. The van der Waals surface area contributed by atoms with Crippen LogP contribution in [0.2, 0.25) is 0 Å². The molecule has 19 heavy (non-hydrogen) atoms. The Morgan fingerprint density at radius 1 is 1.16 bits per heavy atom. The molecule has 3 N–H and O–H groups in total. The van der Waals surface area contributed by atoms with Gasteiger partial charge in [-0.25, -0.2) is 0 Å². The molecule has 0 unspecified atom stereocenters. The summed E-state index contributed by atoms with van der Waals surface area (Å²) < 4.78 is 15.9. The topological polar surface area (TPSA) is 78.1 Å². The Labute approximate surface area is 113 Å². The van der Waals surface area contributed by atoms with Gasteiger partial charge in [-0.1, -0.05) is 0 Å². The van der Waals surface area contributed by atoms with Crippen molar-refractivity contribution in [2.75, 3.05) is 34.9 Å². The van der Waals surface area contributed by atoms with Gasteiger partial charge in [-0.3, -0.25) is 4.99 Å². The molecule has 1 aromatic rings. The number of ether oxygens (including phenoxy) is 3. The Hall–Kier alpha value is -2.11. The first-order valence-electron chi connectivity index (χ1n) is 5.91. The summed E-state index contributed by atoms with van der Waals surface area (Å²) in [6, 6.07) is 3.66. The summed E-state index contributed by atoms with van der Waals surface area (Å²) in [5, 5.41) is 3.00. The zero-order valence-corrected chi connectivity index (χ0v) is 11.8. The number of methoxy groups -OCH3 is 3. The minimum atomic E-state index is 0.409. The number of nitrogens with zero attached hydrogens (tertiary/aromatic N) is 1. The fourth-order valence-electron chi connectivity index (χ4n) is 1.72. The lowest BCUT2D eigenvalue weighted by Crippen LogP contribution is -2.33. The first-order valence-corrected chi connectivity index (χ1v) is 5.91. The van der Waals surface area contributed by atoms with E-state index in [-0.39, 0.29) is 0 Å². The number of nitrogens with one attached hydrogen (secondary N) is 1. The van der Waals surface area contributed by atoms with Crippen LogP contribution in [0, 0.1) is 0 Å². The molecule has 106 valence electrons. The van der Waals surface area contributed by atoms with Gasteiger partial charge in [0.05, 0.1) is 21.3 Å². The quantitative estimate of drug-likeness (QED) is 0.588. The summed E-state index contributed by atoms with van der Waals surface area (Å²) in [7, 11) is 6.48. The molecule has 0 aliphatic carbocycles. The van der Waals surface area contributed by atoms with Crippen LogP contribution in [0.15, 0.2) is 17.1 Å². The number of guanidine groups is 1. The lowest BCUT2D eigenvalue weighted by Gasteiger charge is -2.15. The SMILES string of the molecule is CN=C(N)NCCc1c(OC)cc(OC)cc1OC. The van der Waals surface area contributed by atoms with Gasteiger partial charge in [-0.15, -0.1) is 0 Å². The van der Waals surface area contributed by atoms with Gasteiger partial charge in [0.25, 0.3) is 0 Å². The molecular weight excluding hydrogens is 246 g/mol. The van der Waals surface area contributed by atoms with Gasteiger partial charge in [-0.05, 0) is 6.42 Å². The maximum absolute atomic E-state index is 5.58. The zero-order chi connectivity index (χ0) is 14.3. The first-order chi connectivity index (χ1) is 9.15. The third-order valence-electron chi connectivity index (χ3n) is 2.74. The number of rotatable bonds is 6. The minimum Gasteiger partial charge on any atom is -0.496 e. The van der Waals surface area contributed by atoms with Crippen molar-refractivity contribution in [3.05, 3.63) is 17.7 Å². The molecule has 0 atom stereocenters. The van der Waals surface area contributed by atoms with Crippen molar-refractivity contribution < 1.29 is 14.2 Å². The Morgan fingerprint density at radius 2 is 1.74 bits per heavy atom. The predicted octanol–water partition coefficient (Wildman–Crippen LogP) is 0.789. The molecule has 0 bridgehead atoms. The van der Waals surface area contributed by atoms with Crippen LogP contribution >= 0.6 is 0 Å². The lowest BCUT2D eigenvalue weighted by atomic mass is 10.1. The number of nitrogens with two attached hydrogens (primary N) is 1. The second kappa shape index (κ2) is 7.35. The molecule has 0 saturated heterocycles. The van der Waals surface area contributed by atoms with Crippen LogP contribution < -0.4 is 25.3 Å². The van der Waals surface area contributed by atoms with Crippen LogP contribution in [-0.4, -0.2) is 40.9 Å². The fraction of sp³-hybridized carbons (Fsp3) is 0.462. The van der Waals surface area contributed by atoms with E-state index in [1.54, 1.807) is 28.4 Å². The molecule has 0 aliphatic heterocycles. The Kier molecular flexibility index (Phi) is 5.78. The van der Waals surface area contributed by atoms with Crippen LogP contribution in [0.4, 0.5) is 0 Å². The molecule has 0 aliphatic rings. The monoisotopic (exact) mass is 267 g/mol. The Balaban J connectivity index is 2.91. The average molecular weight is 267 g/mol. The Morgan fingerprint density at radius 3 is 2.16 bits per heavy atom. The second-order valence-corrected chi connectivity index (χ2v) is 3.80. The van der Waals surface area contributed by atoms with E-state index in [1.807, 2.05) is 12.1 Å². The number of hydrogen-bond donors (Lipinski definition) is 2. The molecule has 0 amide bonds. The summed E-state index contributed by atoms with van der Waals surface area (Å²) >= 11 is 0. The summed E-state index contributed by atoms with van der Waals surface area (Å²) in [5.41, 5.74) is 6.54. The maximum atomic E-state index is 5.58. The van der Waals surface area contributed by atoms with Crippen LogP contribution in [0.5, 0.6) is 17.2 Å². The smallest absolute Gasteiger partial charge is 0.188 e. The number of hydrogen-bond acceptors (Lipinski definition) is 4. The Bertz CT molecular complexity index is 422. The van der Waals surface area contributed by atoms with Gasteiger partial charge >= 0.3 is 0 Å². The standard InChI is InChI=1S/C13H21N3O3/c1-15-13(14)16-6-5-10-11(18-3)7-9(17-2)8-12(10)19-4/h7-8H,5-6H2,1-4H3,(H3,14,15,16). The van der Waals surface area contributed by atoms with Gasteiger partial charge in [-0.2, -0.15) is 0 Å². The van der Waals surface area contributed by atoms with Crippen molar-refractivity contribution >= 4 is 5.96 Å². The van der Waals surface area contributed by atoms with Crippen molar-refractivity contribution in [3.8, 4) is 17.2 Å². The molecule has 1 aromatic carbocycles. The van der Waals surface area contributed by atoms with Gasteiger partial charge in [0.15, 0.2) is 5.96 Å². The molecule has 0 heterocycles. The molecule has 6 heteroatoms. The van der Waals surface area contributed by atoms with Crippen molar-refractivity contribution in [2.24, 2.45) is 10.7 Å². The fourth-order valence-corrected chi connectivity index (χ4v) is 1.72. The predicted molar refractivity (Wildman–Crippen MR) is 75.4 cm³/mol. The van der Waals surface area contributed by atoms with Crippen LogP contribution in [0.25, 0.3) is 0 Å². The van der Waals surface area contributed by atoms with E-state index in [1.165, 1.54) is 0 Å².